The predicted molar refractivity (Wildman–Crippen MR) is 390 cm³/mol. The molecular formula is C77H132O17P2. The molecule has 5 unspecified atom stereocenters. The molecule has 0 rings (SSSR count). The van der Waals surface area contributed by atoms with Crippen molar-refractivity contribution < 1.29 is 80.2 Å². The zero-order valence-electron chi connectivity index (χ0n) is 60.0. The second-order valence-corrected chi connectivity index (χ2v) is 27.4. The molecule has 0 radical (unpaired) electrons. The molecule has 0 aliphatic rings. The maximum Gasteiger partial charge on any atom is 0.472 e. The van der Waals surface area contributed by atoms with Crippen LogP contribution in [0.25, 0.3) is 0 Å². The number of ether oxygens (including phenoxy) is 4. The number of phosphoric ester groups is 2. The van der Waals surface area contributed by atoms with E-state index < -0.39 is 97.5 Å². The van der Waals surface area contributed by atoms with Gasteiger partial charge in [-0.05, 0) is 116 Å². The molecule has 0 aromatic heterocycles. The predicted octanol–water partition coefficient (Wildman–Crippen LogP) is 21.0. The zero-order chi connectivity index (χ0) is 70.4. The fraction of sp³-hybridized carbons (Fsp3) is 0.714. The van der Waals surface area contributed by atoms with E-state index >= 15 is 0 Å². The molecule has 96 heavy (non-hydrogen) atoms. The number of carbonyl (C=O) groups is 4. The van der Waals surface area contributed by atoms with Crippen LogP contribution in [0.2, 0.25) is 0 Å². The summed E-state index contributed by atoms with van der Waals surface area (Å²) in [5, 5.41) is 10.6. The lowest BCUT2D eigenvalue weighted by Gasteiger charge is -2.21. The fourth-order valence-electron chi connectivity index (χ4n) is 9.60. The highest BCUT2D eigenvalue weighted by Crippen LogP contribution is 2.45. The number of unbranched alkanes of at least 4 members (excludes halogenated alkanes) is 25. The molecule has 0 saturated carbocycles. The van der Waals surface area contributed by atoms with E-state index in [2.05, 4.69) is 125 Å². The summed E-state index contributed by atoms with van der Waals surface area (Å²) in [6.45, 7) is 4.52. The zero-order valence-corrected chi connectivity index (χ0v) is 61.8. The highest BCUT2D eigenvalue weighted by Gasteiger charge is 2.30. The van der Waals surface area contributed by atoms with Gasteiger partial charge < -0.3 is 33.8 Å². The summed E-state index contributed by atoms with van der Waals surface area (Å²) < 4.78 is 68.3. The van der Waals surface area contributed by atoms with E-state index in [1.807, 2.05) is 12.2 Å². The van der Waals surface area contributed by atoms with Crippen molar-refractivity contribution in [2.24, 2.45) is 0 Å². The summed E-state index contributed by atoms with van der Waals surface area (Å²) in [5.74, 6) is -2.26. The monoisotopic (exact) mass is 1390 g/mol. The van der Waals surface area contributed by atoms with E-state index in [-0.39, 0.29) is 25.7 Å². The summed E-state index contributed by atoms with van der Waals surface area (Å²) in [6.07, 6.45) is 72.5. The molecule has 0 aromatic carbocycles. The summed E-state index contributed by atoms with van der Waals surface area (Å²) in [4.78, 5) is 72.7. The van der Waals surface area contributed by atoms with Crippen molar-refractivity contribution in [3.8, 4) is 0 Å². The van der Waals surface area contributed by atoms with Gasteiger partial charge in [-0.1, -0.05) is 265 Å². The van der Waals surface area contributed by atoms with Gasteiger partial charge >= 0.3 is 39.5 Å². The SMILES string of the molecule is CC/C=C\C/C=C\C/C=C\C/C=C\C/C=C\CCCC(=O)OCC(COP(=O)(O)OCC(O)COP(=O)(O)OCC(COC(=O)CCCCCCCCC/C=C\C/C=C\C/C=C\CC)OC(=O)CCCCCCC/C=C\CCCC)OC(=O)CCCCCCCCCCCCC. The van der Waals surface area contributed by atoms with E-state index in [9.17, 15) is 43.2 Å². The lowest BCUT2D eigenvalue weighted by atomic mass is 10.1. The Morgan fingerprint density at radius 2 is 0.562 bits per heavy atom. The molecule has 17 nitrogen and oxygen atoms in total. The number of aliphatic hydroxyl groups excluding tert-OH is 1. The molecule has 0 fully saturated rings. The fourth-order valence-corrected chi connectivity index (χ4v) is 11.2. The number of rotatable bonds is 69. The second kappa shape index (κ2) is 69.2. The molecule has 0 aromatic rings. The molecule has 0 heterocycles. The van der Waals surface area contributed by atoms with Crippen molar-refractivity contribution in [1.82, 2.24) is 0 Å². The summed E-state index contributed by atoms with van der Waals surface area (Å²) in [7, 11) is -9.96. The highest BCUT2D eigenvalue weighted by atomic mass is 31.2. The number of hydrogen-bond donors (Lipinski definition) is 3. The minimum absolute atomic E-state index is 0.0806. The maximum absolute atomic E-state index is 13.0. The standard InChI is InChI=1S/C77H132O17P2/c1-5-9-13-17-21-25-29-31-33-35-37-39-43-45-49-53-57-61-74(79)87-67-72(93-76(81)63-59-55-51-47-41-27-23-19-15-11-7-3)69-91-95(83,84)89-65-71(78)66-90-96(85,86)92-70-73(94-77(82)64-60-56-52-48-42-28-24-20-16-12-8-4)68-88-75(80)62-58-54-50-46-44-40-38-36-34-32-30-26-22-18-14-10-6-2/h9-10,13-14,19,21-23,25-26,31-34,38,40,46,50,71-73,78H,5-8,11-12,15-18,20,24,27-30,35-37,39,41-45,47-49,51-70H2,1-4H3,(H,83,84)(H,85,86)/b13-9-,14-10-,23-19-,25-21-,26-22-,33-31-,34-32-,40-38-,50-46-. The van der Waals surface area contributed by atoms with Gasteiger partial charge in [0.25, 0.3) is 0 Å². The van der Waals surface area contributed by atoms with Crippen LogP contribution in [0.15, 0.2) is 109 Å². The van der Waals surface area contributed by atoms with E-state index in [1.54, 1.807) is 0 Å². The Kier molecular flexibility index (Phi) is 66.1. The molecule has 0 amide bonds. The maximum atomic E-state index is 13.0. The first-order chi connectivity index (χ1) is 46.7. The highest BCUT2D eigenvalue weighted by molar-refractivity contribution is 7.47. The van der Waals surface area contributed by atoms with Gasteiger partial charge in [0.05, 0.1) is 26.4 Å². The Hall–Kier alpha value is -4.28. The smallest absolute Gasteiger partial charge is 0.462 e. The van der Waals surface area contributed by atoms with Crippen LogP contribution in [0.1, 0.15) is 297 Å². The Bertz CT molecular complexity index is 2250. The Morgan fingerprint density at radius 1 is 0.302 bits per heavy atom. The molecule has 3 N–H and O–H groups in total. The van der Waals surface area contributed by atoms with Crippen molar-refractivity contribution in [3.05, 3.63) is 109 Å². The number of esters is 4. The largest absolute Gasteiger partial charge is 0.472 e. The molecule has 19 heteroatoms. The number of aliphatic hydroxyl groups is 1. The van der Waals surface area contributed by atoms with Gasteiger partial charge in [-0.25, -0.2) is 9.13 Å². The van der Waals surface area contributed by atoms with Gasteiger partial charge in [-0.3, -0.25) is 37.3 Å². The van der Waals surface area contributed by atoms with Crippen molar-refractivity contribution in [3.63, 3.8) is 0 Å². The Morgan fingerprint density at radius 3 is 0.917 bits per heavy atom. The van der Waals surface area contributed by atoms with Crippen LogP contribution in [-0.2, 0) is 65.4 Å². The van der Waals surface area contributed by atoms with E-state index in [4.69, 9.17) is 37.0 Å². The molecule has 5 atom stereocenters. The second-order valence-electron chi connectivity index (χ2n) is 24.5. The third-order valence-electron chi connectivity index (χ3n) is 15.2. The third-order valence-corrected chi connectivity index (χ3v) is 17.1. The molecule has 0 saturated heterocycles. The average molecular weight is 1390 g/mol. The lowest BCUT2D eigenvalue weighted by Crippen LogP contribution is -2.30. The quantitative estimate of drug-likeness (QED) is 0.0169. The summed E-state index contributed by atoms with van der Waals surface area (Å²) in [6, 6.07) is 0. The van der Waals surface area contributed by atoms with Crippen molar-refractivity contribution >= 4 is 39.5 Å². The van der Waals surface area contributed by atoms with Crippen LogP contribution in [0, 0.1) is 0 Å². The van der Waals surface area contributed by atoms with Gasteiger partial charge in [0.1, 0.15) is 19.3 Å². The van der Waals surface area contributed by atoms with Gasteiger partial charge in [0.2, 0.25) is 0 Å². The minimum atomic E-state index is -4.98. The summed E-state index contributed by atoms with van der Waals surface area (Å²) in [5.41, 5.74) is 0. The number of phosphoric acid groups is 2. The first-order valence-corrected chi connectivity index (χ1v) is 40.1. The molecule has 0 aliphatic carbocycles. The van der Waals surface area contributed by atoms with Crippen molar-refractivity contribution in [1.29, 1.82) is 0 Å². The van der Waals surface area contributed by atoms with Crippen LogP contribution in [0.3, 0.4) is 0 Å². The third kappa shape index (κ3) is 68.3. The van der Waals surface area contributed by atoms with Crippen molar-refractivity contribution in [2.75, 3.05) is 39.6 Å². The van der Waals surface area contributed by atoms with E-state index in [0.29, 0.717) is 32.1 Å². The van der Waals surface area contributed by atoms with Gasteiger partial charge in [-0.15, -0.1) is 0 Å². The van der Waals surface area contributed by atoms with Crippen LogP contribution in [0.5, 0.6) is 0 Å². The number of hydrogen-bond acceptors (Lipinski definition) is 15. The molecule has 552 valence electrons. The molecular weight excluding hydrogens is 1260 g/mol. The van der Waals surface area contributed by atoms with Gasteiger partial charge in [0.15, 0.2) is 12.2 Å². The minimum Gasteiger partial charge on any atom is -0.462 e. The number of carbonyl (C=O) groups excluding carboxylic acids is 4. The van der Waals surface area contributed by atoms with Crippen molar-refractivity contribution in [2.45, 2.75) is 316 Å². The van der Waals surface area contributed by atoms with Crippen LogP contribution in [0.4, 0.5) is 0 Å². The van der Waals surface area contributed by atoms with Crippen LogP contribution in [-0.4, -0.2) is 96.7 Å². The molecule has 0 aliphatic heterocycles. The topological polar surface area (TPSA) is 237 Å². The van der Waals surface area contributed by atoms with Crippen LogP contribution >= 0.6 is 15.6 Å². The summed E-state index contributed by atoms with van der Waals surface area (Å²) >= 11 is 0. The van der Waals surface area contributed by atoms with E-state index in [1.165, 1.54) is 51.4 Å². The van der Waals surface area contributed by atoms with Crippen LogP contribution < -0.4 is 0 Å². The first kappa shape index (κ1) is 91.7. The normalized spacial score (nSPS) is 14.6. The number of allylic oxidation sites excluding steroid dienone is 18. The average Bonchev–Trinajstić information content (AvgIpc) is 1.21. The first-order valence-electron chi connectivity index (χ1n) is 37.1. The molecule has 0 bridgehead atoms. The van der Waals surface area contributed by atoms with Gasteiger partial charge in [0, 0.05) is 25.7 Å². The lowest BCUT2D eigenvalue weighted by molar-refractivity contribution is -0.161. The van der Waals surface area contributed by atoms with E-state index in [0.717, 1.165) is 161 Å². The molecule has 0 spiro atoms. The van der Waals surface area contributed by atoms with Gasteiger partial charge in [-0.2, -0.15) is 0 Å². The Balaban J connectivity index is 5.33. The Labute approximate surface area is 581 Å².